The Labute approximate surface area is 185 Å². The van der Waals surface area contributed by atoms with E-state index < -0.39 is 0 Å². The number of phenols is 2. The van der Waals surface area contributed by atoms with Crippen molar-refractivity contribution in [1.82, 2.24) is 0 Å². The summed E-state index contributed by atoms with van der Waals surface area (Å²) in [5, 5.41) is 41.3. The van der Waals surface area contributed by atoms with E-state index >= 15 is 0 Å². The normalized spacial score (nSPS) is 19.0. The largest absolute Gasteiger partial charge is 0.507 e. The summed E-state index contributed by atoms with van der Waals surface area (Å²) in [6.07, 6.45) is 5.21. The Morgan fingerprint density at radius 2 is 1.32 bits per heavy atom. The highest BCUT2D eigenvalue weighted by Gasteiger charge is 2.35. The molecule has 0 spiro atoms. The second kappa shape index (κ2) is 9.88. The molecule has 0 aromatic heterocycles. The summed E-state index contributed by atoms with van der Waals surface area (Å²) in [6, 6.07) is 7.85. The van der Waals surface area contributed by atoms with Crippen LogP contribution in [-0.2, 0) is 12.8 Å². The number of aryl methyl sites for hydroxylation is 2. The Bertz CT molecular complexity index is 899. The predicted molar refractivity (Wildman–Crippen MR) is 125 cm³/mol. The Kier molecular flexibility index (Phi) is 7.45. The molecule has 4 nitrogen and oxygen atoms in total. The van der Waals surface area contributed by atoms with Gasteiger partial charge in [0, 0.05) is 30.3 Å². The Hall–Kier alpha value is -2.30. The predicted octanol–water partition coefficient (Wildman–Crippen LogP) is 4.91. The Balaban J connectivity index is 2.27. The van der Waals surface area contributed by atoms with Crippen LogP contribution in [0.3, 0.4) is 0 Å². The van der Waals surface area contributed by atoms with Gasteiger partial charge in [-0.15, -0.1) is 0 Å². The second-order valence-corrected chi connectivity index (χ2v) is 9.26. The maximum atomic E-state index is 11.1. The van der Waals surface area contributed by atoms with E-state index in [0.29, 0.717) is 18.8 Å². The van der Waals surface area contributed by atoms with Crippen LogP contribution in [0.15, 0.2) is 35.9 Å². The quantitative estimate of drug-likeness (QED) is 0.476. The number of hydrogen-bond donors (Lipinski definition) is 4. The lowest BCUT2D eigenvalue weighted by Gasteiger charge is -2.37. The van der Waals surface area contributed by atoms with Crippen LogP contribution in [0.5, 0.6) is 11.5 Å². The standard InChI is InChI=1S/C27H36O4/c1-16-5-6-17(2)22(11-16)25(23-14-20(7-9-28)12-18(3)26(23)30)24-15-21(8-10-29)13-19(4)27(24)31/h5,12-15,17,22,25,28-31H,6-11H2,1-4H3. The molecule has 0 aliphatic heterocycles. The van der Waals surface area contributed by atoms with Crippen molar-refractivity contribution in [2.75, 3.05) is 13.2 Å². The van der Waals surface area contributed by atoms with Crippen LogP contribution >= 0.6 is 0 Å². The van der Waals surface area contributed by atoms with Crippen molar-refractivity contribution >= 4 is 0 Å². The number of phenolic OH excluding ortho intramolecular Hbond substituents is 2. The molecule has 0 amide bonds. The van der Waals surface area contributed by atoms with Gasteiger partial charge in [-0.25, -0.2) is 0 Å². The third kappa shape index (κ3) is 4.97. The van der Waals surface area contributed by atoms with Crippen LogP contribution in [0, 0.1) is 25.7 Å². The van der Waals surface area contributed by atoms with Crippen molar-refractivity contribution in [3.8, 4) is 11.5 Å². The molecule has 2 unspecified atom stereocenters. The van der Waals surface area contributed by atoms with Crippen LogP contribution in [0.25, 0.3) is 0 Å². The van der Waals surface area contributed by atoms with Crippen molar-refractivity contribution in [3.05, 3.63) is 69.3 Å². The number of aliphatic hydroxyl groups excluding tert-OH is 2. The van der Waals surface area contributed by atoms with E-state index in [2.05, 4.69) is 19.9 Å². The first kappa shape index (κ1) is 23.4. The fraction of sp³-hybridized carbons (Fsp3) is 0.481. The summed E-state index contributed by atoms with van der Waals surface area (Å²) < 4.78 is 0. The van der Waals surface area contributed by atoms with Crippen molar-refractivity contribution in [2.24, 2.45) is 11.8 Å². The third-order valence-electron chi connectivity index (χ3n) is 6.81. The van der Waals surface area contributed by atoms with Crippen molar-refractivity contribution in [3.63, 3.8) is 0 Å². The van der Waals surface area contributed by atoms with Crippen LogP contribution < -0.4 is 0 Å². The number of aliphatic hydroxyl groups is 2. The van der Waals surface area contributed by atoms with Gasteiger partial charge in [-0.1, -0.05) is 42.8 Å². The van der Waals surface area contributed by atoms with E-state index in [1.165, 1.54) is 5.57 Å². The fourth-order valence-electron chi connectivity index (χ4n) is 5.08. The van der Waals surface area contributed by atoms with E-state index in [0.717, 1.165) is 46.2 Å². The van der Waals surface area contributed by atoms with Gasteiger partial charge in [-0.3, -0.25) is 0 Å². The smallest absolute Gasteiger partial charge is 0.122 e. The van der Waals surface area contributed by atoms with E-state index in [-0.39, 0.29) is 36.5 Å². The molecule has 0 saturated carbocycles. The molecule has 3 rings (SSSR count). The topological polar surface area (TPSA) is 80.9 Å². The highest BCUT2D eigenvalue weighted by Crippen LogP contribution is 2.49. The second-order valence-electron chi connectivity index (χ2n) is 9.26. The highest BCUT2D eigenvalue weighted by atomic mass is 16.3. The molecule has 2 atom stereocenters. The molecule has 0 bridgehead atoms. The van der Waals surface area contributed by atoms with Gasteiger partial charge in [0.25, 0.3) is 0 Å². The van der Waals surface area contributed by atoms with Crippen LogP contribution in [0.4, 0.5) is 0 Å². The average molecular weight is 425 g/mol. The average Bonchev–Trinajstić information content (AvgIpc) is 2.72. The SMILES string of the molecule is CC1=CCC(C)C(C(c2cc(CCO)cc(C)c2O)c2cc(CCO)cc(C)c2O)C1. The van der Waals surface area contributed by atoms with Gasteiger partial charge in [0.2, 0.25) is 0 Å². The van der Waals surface area contributed by atoms with E-state index in [1.807, 2.05) is 38.1 Å². The highest BCUT2D eigenvalue weighted by molar-refractivity contribution is 5.54. The lowest BCUT2D eigenvalue weighted by Crippen LogP contribution is -2.25. The van der Waals surface area contributed by atoms with Gasteiger partial charge in [0.05, 0.1) is 0 Å². The molecule has 0 saturated heterocycles. The minimum Gasteiger partial charge on any atom is -0.507 e. The minimum atomic E-state index is -0.187. The molecule has 1 aliphatic carbocycles. The minimum absolute atomic E-state index is 0.0480. The van der Waals surface area contributed by atoms with Crippen LogP contribution in [0.1, 0.15) is 66.0 Å². The monoisotopic (exact) mass is 424 g/mol. The maximum Gasteiger partial charge on any atom is 0.122 e. The molecule has 4 heteroatoms. The molecule has 4 N–H and O–H groups in total. The summed E-state index contributed by atoms with van der Waals surface area (Å²) in [6.45, 7) is 8.26. The summed E-state index contributed by atoms with van der Waals surface area (Å²) >= 11 is 0. The Morgan fingerprint density at radius 3 is 1.77 bits per heavy atom. The van der Waals surface area contributed by atoms with E-state index in [4.69, 9.17) is 0 Å². The molecule has 1 aliphatic rings. The van der Waals surface area contributed by atoms with Gasteiger partial charge in [-0.2, -0.15) is 0 Å². The number of aromatic hydroxyl groups is 2. The Morgan fingerprint density at radius 1 is 0.839 bits per heavy atom. The zero-order chi connectivity index (χ0) is 22.7. The maximum absolute atomic E-state index is 11.1. The number of rotatable bonds is 7. The molecule has 0 radical (unpaired) electrons. The first-order valence-electron chi connectivity index (χ1n) is 11.3. The van der Waals surface area contributed by atoms with Crippen molar-refractivity contribution < 1.29 is 20.4 Å². The summed E-state index contributed by atoms with van der Waals surface area (Å²) in [5.41, 5.74) is 6.48. The molecule has 168 valence electrons. The first-order valence-corrected chi connectivity index (χ1v) is 11.3. The van der Waals surface area contributed by atoms with Crippen molar-refractivity contribution in [2.45, 2.75) is 59.3 Å². The van der Waals surface area contributed by atoms with Gasteiger partial charge < -0.3 is 20.4 Å². The zero-order valence-electron chi connectivity index (χ0n) is 19.2. The van der Waals surface area contributed by atoms with Crippen molar-refractivity contribution in [1.29, 1.82) is 0 Å². The van der Waals surface area contributed by atoms with Crippen LogP contribution in [0.2, 0.25) is 0 Å². The first-order chi connectivity index (χ1) is 14.8. The molecule has 2 aromatic carbocycles. The van der Waals surface area contributed by atoms with Gasteiger partial charge >= 0.3 is 0 Å². The lowest BCUT2D eigenvalue weighted by atomic mass is 9.68. The molecular weight excluding hydrogens is 388 g/mol. The molecule has 31 heavy (non-hydrogen) atoms. The molecule has 2 aromatic rings. The fourth-order valence-corrected chi connectivity index (χ4v) is 5.08. The zero-order valence-corrected chi connectivity index (χ0v) is 19.2. The van der Waals surface area contributed by atoms with E-state index in [1.54, 1.807) is 0 Å². The van der Waals surface area contributed by atoms with Gasteiger partial charge in [-0.05, 0) is 80.5 Å². The van der Waals surface area contributed by atoms with Gasteiger partial charge in [0.15, 0.2) is 0 Å². The van der Waals surface area contributed by atoms with E-state index in [9.17, 15) is 20.4 Å². The number of allylic oxidation sites excluding steroid dienone is 2. The van der Waals surface area contributed by atoms with Gasteiger partial charge in [0.1, 0.15) is 11.5 Å². The number of hydrogen-bond acceptors (Lipinski definition) is 4. The third-order valence-corrected chi connectivity index (χ3v) is 6.81. The molecule has 0 fully saturated rings. The summed E-state index contributed by atoms with van der Waals surface area (Å²) in [7, 11) is 0. The summed E-state index contributed by atoms with van der Waals surface area (Å²) in [5.74, 6) is 0.935. The molecule has 0 heterocycles. The number of benzene rings is 2. The summed E-state index contributed by atoms with van der Waals surface area (Å²) in [4.78, 5) is 0. The molecular formula is C27H36O4. The lowest BCUT2D eigenvalue weighted by molar-refractivity contribution is 0.293. The van der Waals surface area contributed by atoms with Crippen LogP contribution in [-0.4, -0.2) is 33.6 Å².